The number of amides is 1. The van der Waals surface area contributed by atoms with Gasteiger partial charge in [-0.3, -0.25) is 4.79 Å². The third-order valence-electron chi connectivity index (χ3n) is 3.51. The van der Waals surface area contributed by atoms with Crippen LogP contribution in [-0.4, -0.2) is 36.0 Å². The normalized spacial score (nSPS) is 23.8. The predicted molar refractivity (Wildman–Crippen MR) is 78.7 cm³/mol. The van der Waals surface area contributed by atoms with E-state index in [0.29, 0.717) is 12.1 Å². The van der Waals surface area contributed by atoms with Crippen LogP contribution in [0, 0.1) is 5.82 Å². The van der Waals surface area contributed by atoms with Gasteiger partial charge >= 0.3 is 0 Å². The molecule has 0 aliphatic carbocycles. The smallest absolute Gasteiger partial charge is 0.246 e. The number of allylic oxidation sites excluding steroid dienone is 1. The summed E-state index contributed by atoms with van der Waals surface area (Å²) < 4.78 is 12.9. The molecular formula is C16H21FN2O. The van der Waals surface area contributed by atoms with Crippen LogP contribution in [0.3, 0.4) is 0 Å². The number of halogens is 1. The average molecular weight is 276 g/mol. The second-order valence-corrected chi connectivity index (χ2v) is 5.55. The van der Waals surface area contributed by atoms with Crippen LogP contribution in [0.4, 0.5) is 4.39 Å². The van der Waals surface area contributed by atoms with Gasteiger partial charge < -0.3 is 10.2 Å². The third kappa shape index (κ3) is 3.67. The van der Waals surface area contributed by atoms with E-state index in [2.05, 4.69) is 19.2 Å². The van der Waals surface area contributed by atoms with E-state index in [1.54, 1.807) is 18.2 Å². The van der Waals surface area contributed by atoms with Gasteiger partial charge in [-0.2, -0.15) is 0 Å². The summed E-state index contributed by atoms with van der Waals surface area (Å²) in [6.07, 6.45) is 1.64. The summed E-state index contributed by atoms with van der Waals surface area (Å²) >= 11 is 0. The van der Waals surface area contributed by atoms with Crippen LogP contribution in [0.2, 0.25) is 0 Å². The highest BCUT2D eigenvalue weighted by Crippen LogP contribution is 2.15. The monoisotopic (exact) mass is 276 g/mol. The molecule has 0 bridgehead atoms. The van der Waals surface area contributed by atoms with Gasteiger partial charge in [0.2, 0.25) is 5.91 Å². The molecule has 1 aliphatic rings. The molecule has 0 saturated carbocycles. The fourth-order valence-electron chi connectivity index (χ4n) is 2.58. The summed E-state index contributed by atoms with van der Waals surface area (Å²) in [6.45, 7) is 7.46. The average Bonchev–Trinajstić information content (AvgIpc) is 2.38. The number of hydrogen-bond donors (Lipinski definition) is 1. The highest BCUT2D eigenvalue weighted by atomic mass is 19.1. The van der Waals surface area contributed by atoms with Gasteiger partial charge in [0.15, 0.2) is 0 Å². The van der Waals surface area contributed by atoms with E-state index in [4.69, 9.17) is 0 Å². The number of carbonyl (C=O) groups excluding carboxylic acids is 1. The lowest BCUT2D eigenvalue weighted by Gasteiger charge is -2.35. The Kier molecular flexibility index (Phi) is 4.55. The molecule has 0 radical (unpaired) electrons. The summed E-state index contributed by atoms with van der Waals surface area (Å²) in [6, 6.07) is 6.82. The molecule has 0 spiro atoms. The minimum Gasteiger partial charge on any atom is -0.336 e. The Morgan fingerprint density at radius 3 is 2.35 bits per heavy atom. The van der Waals surface area contributed by atoms with Crippen molar-refractivity contribution in [3.05, 3.63) is 41.7 Å². The number of rotatable bonds is 2. The van der Waals surface area contributed by atoms with Crippen molar-refractivity contribution in [3.8, 4) is 0 Å². The lowest BCUT2D eigenvalue weighted by Crippen LogP contribution is -2.55. The minimum atomic E-state index is -0.266. The Morgan fingerprint density at radius 2 is 1.80 bits per heavy atom. The zero-order valence-electron chi connectivity index (χ0n) is 12.2. The Morgan fingerprint density at radius 1 is 1.25 bits per heavy atom. The molecule has 1 heterocycles. The van der Waals surface area contributed by atoms with Crippen molar-refractivity contribution in [3.63, 3.8) is 0 Å². The fraction of sp³-hybridized carbons (Fsp3) is 0.438. The number of piperazine rings is 1. The van der Waals surface area contributed by atoms with E-state index in [1.165, 1.54) is 12.1 Å². The van der Waals surface area contributed by atoms with Gasteiger partial charge in [0.1, 0.15) is 5.82 Å². The van der Waals surface area contributed by atoms with Crippen molar-refractivity contribution >= 4 is 11.5 Å². The van der Waals surface area contributed by atoms with Gasteiger partial charge in [0.05, 0.1) is 0 Å². The van der Waals surface area contributed by atoms with Gasteiger partial charge in [-0.15, -0.1) is 0 Å². The predicted octanol–water partition coefficient (Wildman–Crippen LogP) is 2.44. The zero-order valence-corrected chi connectivity index (χ0v) is 12.2. The Bertz CT molecular complexity index is 500. The molecule has 1 fully saturated rings. The highest BCUT2D eigenvalue weighted by molar-refractivity contribution is 5.95. The molecule has 2 unspecified atom stereocenters. The van der Waals surface area contributed by atoms with E-state index < -0.39 is 0 Å². The van der Waals surface area contributed by atoms with E-state index in [1.807, 2.05) is 11.8 Å². The Balaban J connectivity index is 2.09. The molecule has 1 saturated heterocycles. The molecule has 20 heavy (non-hydrogen) atoms. The van der Waals surface area contributed by atoms with Crippen LogP contribution >= 0.6 is 0 Å². The molecule has 1 aromatic rings. The standard InChI is InChI=1S/C16H21FN2O/c1-11(14-4-6-15(17)7-5-14)8-16(20)19-9-12(2)18-13(3)10-19/h4-8,12-13,18H,9-10H2,1-3H3/b11-8+. The van der Waals surface area contributed by atoms with Crippen LogP contribution < -0.4 is 5.32 Å². The van der Waals surface area contributed by atoms with E-state index in [0.717, 1.165) is 24.2 Å². The lowest BCUT2D eigenvalue weighted by molar-refractivity contribution is -0.127. The molecule has 0 aromatic heterocycles. The maximum Gasteiger partial charge on any atom is 0.246 e. The van der Waals surface area contributed by atoms with Crippen molar-refractivity contribution in [2.75, 3.05) is 13.1 Å². The first-order chi connectivity index (χ1) is 9.45. The van der Waals surface area contributed by atoms with E-state index >= 15 is 0 Å². The van der Waals surface area contributed by atoms with Gasteiger partial charge in [0.25, 0.3) is 0 Å². The first kappa shape index (κ1) is 14.7. The van der Waals surface area contributed by atoms with Crippen molar-refractivity contribution < 1.29 is 9.18 Å². The maximum atomic E-state index is 12.9. The molecule has 2 rings (SSSR count). The largest absolute Gasteiger partial charge is 0.336 e. The molecule has 1 aliphatic heterocycles. The molecule has 1 aromatic carbocycles. The third-order valence-corrected chi connectivity index (χ3v) is 3.51. The molecule has 3 nitrogen and oxygen atoms in total. The molecule has 108 valence electrons. The molecule has 2 atom stereocenters. The number of carbonyl (C=O) groups is 1. The van der Waals surface area contributed by atoms with Crippen LogP contribution in [0.5, 0.6) is 0 Å². The number of nitrogens with one attached hydrogen (secondary N) is 1. The van der Waals surface area contributed by atoms with Crippen molar-refractivity contribution in [2.24, 2.45) is 0 Å². The second-order valence-electron chi connectivity index (χ2n) is 5.55. The molecular weight excluding hydrogens is 255 g/mol. The minimum absolute atomic E-state index is 0.0204. The SMILES string of the molecule is C/C(=C\C(=O)N1CC(C)NC(C)C1)c1ccc(F)cc1. The van der Waals surface area contributed by atoms with Gasteiger partial charge in [0, 0.05) is 31.2 Å². The van der Waals surface area contributed by atoms with Gasteiger partial charge in [-0.05, 0) is 44.0 Å². The Labute approximate surface area is 119 Å². The zero-order chi connectivity index (χ0) is 14.7. The topological polar surface area (TPSA) is 32.3 Å². The number of hydrogen-bond acceptors (Lipinski definition) is 2. The first-order valence-electron chi connectivity index (χ1n) is 6.95. The summed E-state index contributed by atoms with van der Waals surface area (Å²) in [5.41, 5.74) is 1.73. The van der Waals surface area contributed by atoms with E-state index in [-0.39, 0.29) is 11.7 Å². The maximum absolute atomic E-state index is 12.9. The molecule has 1 amide bonds. The summed E-state index contributed by atoms with van der Waals surface area (Å²) in [7, 11) is 0. The van der Waals surface area contributed by atoms with Crippen LogP contribution in [-0.2, 0) is 4.79 Å². The first-order valence-corrected chi connectivity index (χ1v) is 6.95. The van der Waals surface area contributed by atoms with Crippen molar-refractivity contribution in [1.29, 1.82) is 0 Å². The summed E-state index contributed by atoms with van der Waals surface area (Å²) in [4.78, 5) is 14.1. The molecule has 1 N–H and O–H groups in total. The van der Waals surface area contributed by atoms with Crippen LogP contribution in [0.25, 0.3) is 5.57 Å². The van der Waals surface area contributed by atoms with Gasteiger partial charge in [-0.1, -0.05) is 12.1 Å². The van der Waals surface area contributed by atoms with Crippen molar-refractivity contribution in [2.45, 2.75) is 32.9 Å². The molecule has 4 heteroatoms. The van der Waals surface area contributed by atoms with Crippen molar-refractivity contribution in [1.82, 2.24) is 10.2 Å². The second kappa shape index (κ2) is 6.18. The number of benzene rings is 1. The quantitative estimate of drug-likeness (QED) is 0.841. The fourth-order valence-corrected chi connectivity index (χ4v) is 2.58. The number of nitrogens with zero attached hydrogens (tertiary/aromatic N) is 1. The summed E-state index contributed by atoms with van der Waals surface area (Å²) in [5.74, 6) is -0.246. The van der Waals surface area contributed by atoms with E-state index in [9.17, 15) is 9.18 Å². The Hall–Kier alpha value is -1.68. The summed E-state index contributed by atoms with van der Waals surface area (Å²) in [5, 5.41) is 3.40. The van der Waals surface area contributed by atoms with Crippen LogP contribution in [0.1, 0.15) is 26.3 Å². The van der Waals surface area contributed by atoms with Gasteiger partial charge in [-0.25, -0.2) is 4.39 Å². The lowest BCUT2D eigenvalue weighted by atomic mass is 10.1. The highest BCUT2D eigenvalue weighted by Gasteiger charge is 2.23. The van der Waals surface area contributed by atoms with Crippen LogP contribution in [0.15, 0.2) is 30.3 Å².